The van der Waals surface area contributed by atoms with Gasteiger partial charge in [-0.1, -0.05) is 0 Å². The van der Waals surface area contributed by atoms with Crippen LogP contribution in [0.3, 0.4) is 0 Å². The van der Waals surface area contributed by atoms with Crippen molar-refractivity contribution >= 4 is 11.9 Å². The van der Waals surface area contributed by atoms with Crippen molar-refractivity contribution in [2.24, 2.45) is 5.92 Å². The van der Waals surface area contributed by atoms with Gasteiger partial charge in [-0.05, 0) is 13.0 Å². The number of carbonyl (C=O) groups is 2. The van der Waals surface area contributed by atoms with E-state index in [0.717, 1.165) is 6.26 Å². The van der Waals surface area contributed by atoms with Gasteiger partial charge in [0.15, 0.2) is 6.29 Å². The number of esters is 2. The van der Waals surface area contributed by atoms with Crippen LogP contribution in [0, 0.1) is 5.92 Å². The largest absolute Gasteiger partial charge is 0.472 e. The van der Waals surface area contributed by atoms with Crippen molar-refractivity contribution in [3.8, 4) is 0 Å². The number of aliphatic hydroxyl groups is 5. The number of aliphatic hydroxyl groups excluding tert-OH is 4. The van der Waals surface area contributed by atoms with Crippen LogP contribution in [0.1, 0.15) is 27.2 Å². The minimum Gasteiger partial charge on any atom is -0.472 e. The first kappa shape index (κ1) is 23.9. The molecule has 2 aliphatic heterocycles. The van der Waals surface area contributed by atoms with Gasteiger partial charge in [0.25, 0.3) is 0 Å². The van der Waals surface area contributed by atoms with Gasteiger partial charge in [-0.2, -0.15) is 0 Å². The van der Waals surface area contributed by atoms with Crippen LogP contribution in [0.15, 0.2) is 12.3 Å². The summed E-state index contributed by atoms with van der Waals surface area (Å²) in [6.07, 6.45) is -7.97. The van der Waals surface area contributed by atoms with Crippen LogP contribution in [-0.2, 0) is 33.3 Å². The molecule has 12 heteroatoms. The molecule has 0 aromatic rings. The average Bonchev–Trinajstić information content (AvgIpc) is 2.88. The molecule has 1 saturated heterocycles. The number of hydrogen-bond acceptors (Lipinski definition) is 12. The van der Waals surface area contributed by atoms with E-state index in [1.54, 1.807) is 0 Å². The molecule has 2 fully saturated rings. The van der Waals surface area contributed by atoms with Gasteiger partial charge in [-0.15, -0.1) is 0 Å². The maximum Gasteiger partial charge on any atom is 0.303 e. The number of ether oxygens (including phenoxy) is 5. The SMILES string of the molecule is CC(=O)O[C@@H]1C[C@](C)(OC(C)=O)[C@H]2[C@H](O[C@@H]3O[C@H](CO)[C@@H](O)[C@H](O)[C@H]3O)OC=C[C@@]12O. The Morgan fingerprint density at radius 2 is 1.77 bits per heavy atom. The third kappa shape index (κ3) is 4.29. The molecular formula is C19H28O12. The zero-order valence-electron chi connectivity index (χ0n) is 17.3. The van der Waals surface area contributed by atoms with Crippen LogP contribution < -0.4 is 0 Å². The molecule has 0 radical (unpaired) electrons. The molecule has 5 N–H and O–H groups in total. The van der Waals surface area contributed by atoms with E-state index in [0.29, 0.717) is 0 Å². The lowest BCUT2D eigenvalue weighted by Gasteiger charge is -2.46. The molecule has 2 heterocycles. The Hall–Kier alpha value is -1.80. The van der Waals surface area contributed by atoms with Gasteiger partial charge in [0.2, 0.25) is 6.29 Å². The second-order valence-corrected chi connectivity index (χ2v) is 8.21. The molecule has 0 bridgehead atoms. The van der Waals surface area contributed by atoms with Crippen LogP contribution in [0.5, 0.6) is 0 Å². The van der Waals surface area contributed by atoms with Crippen molar-refractivity contribution in [1.82, 2.24) is 0 Å². The summed E-state index contributed by atoms with van der Waals surface area (Å²) in [5, 5.41) is 50.9. The van der Waals surface area contributed by atoms with E-state index < -0.39 is 78.8 Å². The molecule has 0 unspecified atom stereocenters. The van der Waals surface area contributed by atoms with Crippen molar-refractivity contribution in [3.63, 3.8) is 0 Å². The second kappa shape index (κ2) is 8.62. The highest BCUT2D eigenvalue weighted by Gasteiger charge is 2.68. The Morgan fingerprint density at radius 1 is 1.10 bits per heavy atom. The van der Waals surface area contributed by atoms with Crippen LogP contribution in [-0.4, -0.2) is 98.4 Å². The molecule has 3 rings (SSSR count). The minimum atomic E-state index is -1.85. The molecule has 12 nitrogen and oxygen atoms in total. The summed E-state index contributed by atoms with van der Waals surface area (Å²) in [5.74, 6) is -2.45. The number of carbonyl (C=O) groups excluding carboxylic acids is 2. The quantitative estimate of drug-likeness (QED) is 0.284. The third-order valence-electron chi connectivity index (χ3n) is 5.88. The van der Waals surface area contributed by atoms with Gasteiger partial charge in [0.1, 0.15) is 41.7 Å². The van der Waals surface area contributed by atoms with Crippen molar-refractivity contribution in [3.05, 3.63) is 12.3 Å². The zero-order valence-corrected chi connectivity index (χ0v) is 17.3. The zero-order chi connectivity index (χ0) is 23.1. The third-order valence-corrected chi connectivity index (χ3v) is 5.88. The second-order valence-electron chi connectivity index (χ2n) is 8.21. The van der Waals surface area contributed by atoms with Gasteiger partial charge < -0.3 is 49.2 Å². The number of fused-ring (bicyclic) bond motifs is 1. The molecule has 3 aliphatic rings. The fraction of sp³-hybridized carbons (Fsp3) is 0.789. The summed E-state index contributed by atoms with van der Waals surface area (Å²) < 4.78 is 27.2. The molecule has 10 atom stereocenters. The summed E-state index contributed by atoms with van der Waals surface area (Å²) in [6.45, 7) is 3.20. The lowest BCUT2D eigenvalue weighted by Crippen LogP contribution is -2.62. The minimum absolute atomic E-state index is 0.0738. The van der Waals surface area contributed by atoms with Gasteiger partial charge in [0, 0.05) is 20.3 Å². The van der Waals surface area contributed by atoms with Crippen LogP contribution in [0.2, 0.25) is 0 Å². The van der Waals surface area contributed by atoms with E-state index in [2.05, 4.69) is 0 Å². The smallest absolute Gasteiger partial charge is 0.303 e. The van der Waals surface area contributed by atoms with Crippen LogP contribution in [0.4, 0.5) is 0 Å². The van der Waals surface area contributed by atoms with E-state index >= 15 is 0 Å². The Balaban J connectivity index is 1.91. The molecule has 1 saturated carbocycles. The molecule has 1 aliphatic carbocycles. The Bertz CT molecular complexity index is 725. The molecular weight excluding hydrogens is 420 g/mol. The van der Waals surface area contributed by atoms with Crippen molar-refractivity contribution < 1.29 is 58.8 Å². The van der Waals surface area contributed by atoms with E-state index in [1.165, 1.54) is 26.8 Å². The molecule has 0 aromatic heterocycles. The fourth-order valence-electron chi connectivity index (χ4n) is 4.56. The van der Waals surface area contributed by atoms with Crippen LogP contribution >= 0.6 is 0 Å². The molecule has 176 valence electrons. The molecule has 31 heavy (non-hydrogen) atoms. The predicted molar refractivity (Wildman–Crippen MR) is 97.6 cm³/mol. The standard InChI is InChI=1S/C19H28O12/c1-8(21)28-11-6-18(3,31-9(2)22)15-17(27-5-4-19(11,15)26)30-16-14(25)13(24)12(23)10(7-20)29-16/h4-5,10-17,20,23-26H,6-7H2,1-3H3/t10-,11-,12-,13+,14-,15-,16+,17+,18+,19-/m1/s1. The van der Waals surface area contributed by atoms with E-state index in [4.69, 9.17) is 23.7 Å². The van der Waals surface area contributed by atoms with Crippen LogP contribution in [0.25, 0.3) is 0 Å². The van der Waals surface area contributed by atoms with Gasteiger partial charge >= 0.3 is 11.9 Å². The summed E-state index contributed by atoms with van der Waals surface area (Å²) in [4.78, 5) is 23.3. The molecule has 0 spiro atoms. The van der Waals surface area contributed by atoms with Gasteiger partial charge in [-0.3, -0.25) is 9.59 Å². The Morgan fingerprint density at radius 3 is 2.35 bits per heavy atom. The lowest BCUT2D eigenvalue weighted by molar-refractivity contribution is -0.351. The highest BCUT2D eigenvalue weighted by Crippen LogP contribution is 2.52. The number of rotatable bonds is 5. The fourth-order valence-corrected chi connectivity index (χ4v) is 4.56. The highest BCUT2D eigenvalue weighted by atomic mass is 16.8. The van der Waals surface area contributed by atoms with Crippen molar-refractivity contribution in [2.45, 2.75) is 81.5 Å². The van der Waals surface area contributed by atoms with Gasteiger partial charge in [0.05, 0.1) is 18.8 Å². The van der Waals surface area contributed by atoms with E-state index in [1.807, 2.05) is 0 Å². The average molecular weight is 448 g/mol. The number of hydrogen-bond donors (Lipinski definition) is 5. The highest BCUT2D eigenvalue weighted by molar-refractivity contribution is 5.67. The van der Waals surface area contributed by atoms with E-state index in [-0.39, 0.29) is 6.42 Å². The Kier molecular flexibility index (Phi) is 6.63. The van der Waals surface area contributed by atoms with Gasteiger partial charge in [-0.25, -0.2) is 0 Å². The maximum atomic E-state index is 11.8. The molecule has 0 aromatic carbocycles. The normalized spacial score (nSPS) is 46.7. The first-order valence-corrected chi connectivity index (χ1v) is 9.81. The summed E-state index contributed by atoms with van der Waals surface area (Å²) in [7, 11) is 0. The first-order valence-electron chi connectivity index (χ1n) is 9.81. The predicted octanol–water partition coefficient (Wildman–Crippen LogP) is -2.32. The summed E-state index contributed by atoms with van der Waals surface area (Å²) in [5.41, 5.74) is -3.27. The Labute approximate surface area is 177 Å². The monoisotopic (exact) mass is 448 g/mol. The summed E-state index contributed by atoms with van der Waals surface area (Å²) >= 11 is 0. The topological polar surface area (TPSA) is 181 Å². The van der Waals surface area contributed by atoms with E-state index in [9.17, 15) is 35.1 Å². The lowest BCUT2D eigenvalue weighted by atomic mass is 9.81. The molecule has 0 amide bonds. The maximum absolute atomic E-state index is 11.8. The van der Waals surface area contributed by atoms with Crippen molar-refractivity contribution in [1.29, 1.82) is 0 Å². The van der Waals surface area contributed by atoms with Crippen molar-refractivity contribution in [2.75, 3.05) is 6.61 Å². The first-order chi connectivity index (χ1) is 14.4. The summed E-state index contributed by atoms with van der Waals surface area (Å²) in [6, 6.07) is 0.